The summed E-state index contributed by atoms with van der Waals surface area (Å²) in [6, 6.07) is 1.69. The first-order valence-corrected chi connectivity index (χ1v) is 6.30. The van der Waals surface area contributed by atoms with E-state index in [0.29, 0.717) is 5.56 Å². The van der Waals surface area contributed by atoms with Crippen LogP contribution in [0.25, 0.3) is 0 Å². The molecule has 88 valence electrons. The van der Waals surface area contributed by atoms with E-state index in [9.17, 15) is 4.79 Å². The number of unbranched alkanes of at least 4 members (excludes halogenated alkanes) is 1. The normalized spacial score (nSPS) is 10.2. The van der Waals surface area contributed by atoms with Crippen LogP contribution in [0.1, 0.15) is 30.1 Å². The highest BCUT2D eigenvalue weighted by atomic mass is 79.9. The first kappa shape index (κ1) is 13.5. The number of hydrogen-bond donors (Lipinski definition) is 0. The predicted octanol–water partition coefficient (Wildman–Crippen LogP) is 3.37. The molecule has 0 aliphatic heterocycles. The summed E-state index contributed by atoms with van der Waals surface area (Å²) < 4.78 is 0.754. The molecule has 0 saturated heterocycles. The number of aromatic nitrogens is 1. The summed E-state index contributed by atoms with van der Waals surface area (Å²) in [6.07, 6.45) is 3.62. The van der Waals surface area contributed by atoms with Gasteiger partial charge in [-0.15, -0.1) is 0 Å². The summed E-state index contributed by atoms with van der Waals surface area (Å²) in [4.78, 5) is 17.6. The maximum atomic E-state index is 12.0. The second-order valence-electron chi connectivity index (χ2n) is 3.57. The van der Waals surface area contributed by atoms with Crippen molar-refractivity contribution in [2.45, 2.75) is 19.8 Å². The van der Waals surface area contributed by atoms with E-state index in [1.807, 2.05) is 0 Å². The third-order valence-electron chi connectivity index (χ3n) is 2.23. The highest BCUT2D eigenvalue weighted by Crippen LogP contribution is 2.19. The topological polar surface area (TPSA) is 33.2 Å². The quantitative estimate of drug-likeness (QED) is 0.799. The Labute approximate surface area is 109 Å². The zero-order chi connectivity index (χ0) is 12.1. The lowest BCUT2D eigenvalue weighted by atomic mass is 10.2. The summed E-state index contributed by atoms with van der Waals surface area (Å²) in [5, 5.41) is 0.247. The number of carbonyl (C=O) groups excluding carboxylic acids is 1. The van der Waals surface area contributed by atoms with Crippen molar-refractivity contribution in [3.63, 3.8) is 0 Å². The molecule has 1 amide bonds. The van der Waals surface area contributed by atoms with Crippen LogP contribution in [-0.4, -0.2) is 29.4 Å². The van der Waals surface area contributed by atoms with E-state index in [1.165, 1.54) is 0 Å². The van der Waals surface area contributed by atoms with Gasteiger partial charge in [0.15, 0.2) is 0 Å². The van der Waals surface area contributed by atoms with Gasteiger partial charge in [-0.05, 0) is 28.4 Å². The van der Waals surface area contributed by atoms with Crippen LogP contribution < -0.4 is 0 Å². The van der Waals surface area contributed by atoms with E-state index in [-0.39, 0.29) is 11.1 Å². The number of carbonyl (C=O) groups is 1. The highest BCUT2D eigenvalue weighted by Gasteiger charge is 2.15. The van der Waals surface area contributed by atoms with Gasteiger partial charge in [0.2, 0.25) is 0 Å². The molecule has 16 heavy (non-hydrogen) atoms. The van der Waals surface area contributed by atoms with Gasteiger partial charge in [0, 0.05) is 24.3 Å². The van der Waals surface area contributed by atoms with Gasteiger partial charge < -0.3 is 4.90 Å². The Kier molecular flexibility index (Phi) is 5.22. The Morgan fingerprint density at radius 2 is 2.31 bits per heavy atom. The Hall–Kier alpha value is -0.610. The zero-order valence-corrected chi connectivity index (χ0v) is 11.7. The number of pyridine rings is 1. The molecule has 1 aromatic rings. The number of nitrogens with zero attached hydrogens (tertiary/aromatic N) is 2. The smallest absolute Gasteiger partial charge is 0.256 e. The van der Waals surface area contributed by atoms with Crippen molar-refractivity contribution < 1.29 is 4.79 Å². The summed E-state index contributed by atoms with van der Waals surface area (Å²) >= 11 is 9.16. The van der Waals surface area contributed by atoms with Crippen molar-refractivity contribution in [1.29, 1.82) is 0 Å². The summed E-state index contributed by atoms with van der Waals surface area (Å²) in [6.45, 7) is 2.82. The maximum absolute atomic E-state index is 12.0. The van der Waals surface area contributed by atoms with Gasteiger partial charge in [-0.25, -0.2) is 4.98 Å². The number of amides is 1. The molecule has 0 N–H and O–H groups in total. The van der Waals surface area contributed by atoms with Crippen molar-refractivity contribution in [3.05, 3.63) is 27.5 Å². The van der Waals surface area contributed by atoms with Gasteiger partial charge in [-0.3, -0.25) is 4.79 Å². The standard InChI is InChI=1S/C11H14BrClN2O/c1-3-4-5-15(2)11(16)9-6-8(12)7-14-10(9)13/h6-7H,3-5H2,1-2H3. The van der Waals surface area contributed by atoms with Gasteiger partial charge in [0.25, 0.3) is 5.91 Å². The van der Waals surface area contributed by atoms with Gasteiger partial charge in [0.1, 0.15) is 5.15 Å². The average Bonchev–Trinajstić information content (AvgIpc) is 2.28. The fourth-order valence-electron chi connectivity index (χ4n) is 1.28. The van der Waals surface area contributed by atoms with Gasteiger partial charge in [-0.2, -0.15) is 0 Å². The monoisotopic (exact) mass is 304 g/mol. The van der Waals surface area contributed by atoms with Crippen molar-refractivity contribution in [3.8, 4) is 0 Å². The van der Waals surface area contributed by atoms with E-state index < -0.39 is 0 Å². The molecule has 1 heterocycles. The third kappa shape index (κ3) is 3.46. The first-order valence-electron chi connectivity index (χ1n) is 5.12. The number of hydrogen-bond acceptors (Lipinski definition) is 2. The molecule has 0 saturated carbocycles. The minimum Gasteiger partial charge on any atom is -0.342 e. The van der Waals surface area contributed by atoms with Crippen molar-refractivity contribution in [2.24, 2.45) is 0 Å². The van der Waals surface area contributed by atoms with Crippen LogP contribution in [0.15, 0.2) is 16.7 Å². The zero-order valence-electron chi connectivity index (χ0n) is 9.33. The molecular formula is C11H14BrClN2O. The molecule has 0 aliphatic rings. The van der Waals surface area contributed by atoms with Crippen molar-refractivity contribution in [1.82, 2.24) is 9.88 Å². The molecule has 5 heteroatoms. The van der Waals surface area contributed by atoms with Crippen LogP contribution in [0.5, 0.6) is 0 Å². The van der Waals surface area contributed by atoms with Crippen LogP contribution in [0.2, 0.25) is 5.15 Å². The van der Waals surface area contributed by atoms with Gasteiger partial charge in [-0.1, -0.05) is 24.9 Å². The molecule has 1 aromatic heterocycles. The molecule has 0 bridgehead atoms. The van der Waals surface area contributed by atoms with Gasteiger partial charge >= 0.3 is 0 Å². The van der Waals surface area contributed by atoms with Gasteiger partial charge in [0.05, 0.1) is 5.56 Å². The molecule has 0 aromatic carbocycles. The Morgan fingerprint density at radius 1 is 1.62 bits per heavy atom. The van der Waals surface area contributed by atoms with Crippen LogP contribution in [0.4, 0.5) is 0 Å². The Morgan fingerprint density at radius 3 is 2.94 bits per heavy atom. The van der Waals surface area contributed by atoms with Crippen LogP contribution in [-0.2, 0) is 0 Å². The molecule has 1 rings (SSSR count). The highest BCUT2D eigenvalue weighted by molar-refractivity contribution is 9.10. The van der Waals surface area contributed by atoms with E-state index in [2.05, 4.69) is 27.8 Å². The molecule has 0 atom stereocenters. The Balaban J connectivity index is 2.83. The van der Waals surface area contributed by atoms with E-state index in [4.69, 9.17) is 11.6 Å². The predicted molar refractivity (Wildman–Crippen MR) is 68.8 cm³/mol. The maximum Gasteiger partial charge on any atom is 0.256 e. The lowest BCUT2D eigenvalue weighted by Crippen LogP contribution is -2.28. The average molecular weight is 306 g/mol. The summed E-state index contributed by atoms with van der Waals surface area (Å²) in [5.41, 5.74) is 0.439. The first-order chi connectivity index (χ1) is 7.56. The lowest BCUT2D eigenvalue weighted by Gasteiger charge is -2.17. The van der Waals surface area contributed by atoms with E-state index in [1.54, 1.807) is 24.2 Å². The molecule has 3 nitrogen and oxygen atoms in total. The van der Waals surface area contributed by atoms with Crippen LogP contribution in [0.3, 0.4) is 0 Å². The van der Waals surface area contributed by atoms with Crippen LogP contribution in [0, 0.1) is 0 Å². The second-order valence-corrected chi connectivity index (χ2v) is 4.85. The molecule has 0 fully saturated rings. The fraction of sp³-hybridized carbons (Fsp3) is 0.455. The molecule has 0 aliphatic carbocycles. The largest absolute Gasteiger partial charge is 0.342 e. The second kappa shape index (κ2) is 6.21. The van der Waals surface area contributed by atoms with Crippen molar-refractivity contribution >= 4 is 33.4 Å². The minimum absolute atomic E-state index is 0.0905. The third-order valence-corrected chi connectivity index (χ3v) is 2.96. The molecular weight excluding hydrogens is 291 g/mol. The lowest BCUT2D eigenvalue weighted by molar-refractivity contribution is 0.0793. The SMILES string of the molecule is CCCCN(C)C(=O)c1cc(Br)cnc1Cl. The fourth-order valence-corrected chi connectivity index (χ4v) is 1.79. The number of halogens is 2. The molecule has 0 radical (unpaired) electrons. The van der Waals surface area contributed by atoms with E-state index >= 15 is 0 Å². The Bertz CT molecular complexity index is 384. The number of rotatable bonds is 4. The summed E-state index contributed by atoms with van der Waals surface area (Å²) in [7, 11) is 1.77. The summed E-state index contributed by atoms with van der Waals surface area (Å²) in [5.74, 6) is -0.0905. The van der Waals surface area contributed by atoms with Crippen molar-refractivity contribution in [2.75, 3.05) is 13.6 Å². The van der Waals surface area contributed by atoms with E-state index in [0.717, 1.165) is 23.9 Å². The molecule has 0 spiro atoms. The molecule has 0 unspecified atom stereocenters. The van der Waals surface area contributed by atoms with Crippen LogP contribution >= 0.6 is 27.5 Å². The minimum atomic E-state index is -0.0905.